The van der Waals surface area contributed by atoms with Gasteiger partial charge in [-0.2, -0.15) is 0 Å². The number of carbonyl (C=O) groups is 2. The minimum absolute atomic E-state index is 0.0283. The summed E-state index contributed by atoms with van der Waals surface area (Å²) < 4.78 is 5.67. The highest BCUT2D eigenvalue weighted by Gasteiger charge is 2.35. The third kappa shape index (κ3) is 3.80. The van der Waals surface area contributed by atoms with Gasteiger partial charge in [0.2, 0.25) is 5.91 Å². The summed E-state index contributed by atoms with van der Waals surface area (Å²) in [6, 6.07) is 0. The Kier molecular flexibility index (Phi) is 4.68. The van der Waals surface area contributed by atoms with Crippen LogP contribution >= 0.6 is 0 Å². The Hall–Kier alpha value is -1.54. The highest BCUT2D eigenvalue weighted by molar-refractivity contribution is 5.93. The number of nitrogens with zero attached hydrogens (tertiary/aromatic N) is 1. The van der Waals surface area contributed by atoms with Gasteiger partial charge in [0.25, 0.3) is 5.91 Å². The number of carbonyl (C=O) groups excluding carboxylic acids is 2. The van der Waals surface area contributed by atoms with Crippen molar-refractivity contribution in [3.8, 4) is 11.8 Å². The summed E-state index contributed by atoms with van der Waals surface area (Å²) in [5.41, 5.74) is 5.43. The first-order valence-corrected chi connectivity index (χ1v) is 8.35. The van der Waals surface area contributed by atoms with Gasteiger partial charge in [-0.15, -0.1) is 0 Å². The number of likely N-dealkylation sites (tertiary alicyclic amines) is 1. The molecular formula is C17H24N2O3. The Morgan fingerprint density at radius 3 is 2.50 bits per heavy atom. The van der Waals surface area contributed by atoms with Gasteiger partial charge in [0.1, 0.15) is 0 Å². The molecule has 3 rings (SSSR count). The van der Waals surface area contributed by atoms with Crippen LogP contribution in [0.4, 0.5) is 0 Å². The zero-order valence-corrected chi connectivity index (χ0v) is 12.9. The molecular weight excluding hydrogens is 280 g/mol. The molecule has 2 aliphatic heterocycles. The standard InChI is InChI=1S/C17H24N2O3/c18-17(21)14-7-10-22-15(14)11-13-5-8-19(9-6-13)16(20)4-3-12-1-2-12/h12-15H,1-2,5-11H2,(H2,18,21)/t14-,15-/m1/s1. The lowest BCUT2D eigenvalue weighted by atomic mass is 9.86. The fraction of sp³-hybridized carbons (Fsp3) is 0.765. The Labute approximate surface area is 131 Å². The van der Waals surface area contributed by atoms with Crippen molar-refractivity contribution in [1.29, 1.82) is 0 Å². The van der Waals surface area contributed by atoms with Gasteiger partial charge in [-0.3, -0.25) is 9.59 Å². The quantitative estimate of drug-likeness (QED) is 0.788. The fourth-order valence-electron chi connectivity index (χ4n) is 3.38. The summed E-state index contributed by atoms with van der Waals surface area (Å²) in [5.74, 6) is 6.36. The average molecular weight is 304 g/mol. The van der Waals surface area contributed by atoms with Gasteiger partial charge in [-0.25, -0.2) is 0 Å². The number of primary amides is 1. The lowest BCUT2D eigenvalue weighted by molar-refractivity contribution is -0.126. The Balaban J connectivity index is 1.44. The number of rotatable bonds is 3. The third-order valence-electron chi connectivity index (χ3n) is 5.00. The molecule has 2 amide bonds. The molecule has 3 aliphatic rings. The van der Waals surface area contributed by atoms with E-state index in [0.717, 1.165) is 51.6 Å². The Bertz CT molecular complexity index is 496. The van der Waals surface area contributed by atoms with Crippen LogP contribution in [0.25, 0.3) is 0 Å². The SMILES string of the molecule is NC(=O)[C@@H]1CCO[C@@H]1CC1CCN(C(=O)C#CC2CC2)CC1. The molecule has 1 aliphatic carbocycles. The predicted octanol–water partition coefficient (Wildman–Crippen LogP) is 0.919. The van der Waals surface area contributed by atoms with Gasteiger partial charge in [-0.1, -0.05) is 5.92 Å². The van der Waals surface area contributed by atoms with Crippen LogP contribution in [-0.4, -0.2) is 42.5 Å². The van der Waals surface area contributed by atoms with Crippen LogP contribution in [0, 0.1) is 29.6 Å². The number of ether oxygens (including phenoxy) is 1. The summed E-state index contributed by atoms with van der Waals surface area (Å²) >= 11 is 0. The van der Waals surface area contributed by atoms with E-state index in [0.29, 0.717) is 18.4 Å². The summed E-state index contributed by atoms with van der Waals surface area (Å²) in [7, 11) is 0. The number of hydrogen-bond donors (Lipinski definition) is 1. The average Bonchev–Trinajstić information content (AvgIpc) is 3.23. The topological polar surface area (TPSA) is 72.6 Å². The molecule has 0 unspecified atom stereocenters. The monoisotopic (exact) mass is 304 g/mol. The van der Waals surface area contributed by atoms with Gasteiger partial charge in [0.05, 0.1) is 12.0 Å². The predicted molar refractivity (Wildman–Crippen MR) is 81.5 cm³/mol. The smallest absolute Gasteiger partial charge is 0.298 e. The highest BCUT2D eigenvalue weighted by Crippen LogP contribution is 2.31. The maximum Gasteiger partial charge on any atom is 0.298 e. The van der Waals surface area contributed by atoms with E-state index in [-0.39, 0.29) is 23.8 Å². The van der Waals surface area contributed by atoms with Crippen molar-refractivity contribution in [3.63, 3.8) is 0 Å². The van der Waals surface area contributed by atoms with E-state index in [1.807, 2.05) is 4.90 Å². The second-order valence-electron chi connectivity index (χ2n) is 6.72. The van der Waals surface area contributed by atoms with Gasteiger partial charge < -0.3 is 15.4 Å². The molecule has 0 bridgehead atoms. The van der Waals surface area contributed by atoms with E-state index >= 15 is 0 Å². The molecule has 0 spiro atoms. The molecule has 3 fully saturated rings. The van der Waals surface area contributed by atoms with Gasteiger partial charge >= 0.3 is 0 Å². The van der Waals surface area contributed by atoms with Crippen LogP contribution in [-0.2, 0) is 14.3 Å². The molecule has 22 heavy (non-hydrogen) atoms. The molecule has 0 aromatic carbocycles. The van der Waals surface area contributed by atoms with Crippen molar-refractivity contribution in [3.05, 3.63) is 0 Å². The minimum atomic E-state index is -0.245. The van der Waals surface area contributed by atoms with Crippen molar-refractivity contribution in [2.75, 3.05) is 19.7 Å². The van der Waals surface area contributed by atoms with E-state index in [4.69, 9.17) is 10.5 Å². The minimum Gasteiger partial charge on any atom is -0.377 e. The summed E-state index contributed by atoms with van der Waals surface area (Å²) in [6.07, 6.45) is 5.80. The lowest BCUT2D eigenvalue weighted by Gasteiger charge is -2.32. The van der Waals surface area contributed by atoms with Crippen LogP contribution in [0.5, 0.6) is 0 Å². The Morgan fingerprint density at radius 2 is 1.86 bits per heavy atom. The van der Waals surface area contributed by atoms with Crippen molar-refractivity contribution >= 4 is 11.8 Å². The normalized spacial score (nSPS) is 29.0. The lowest BCUT2D eigenvalue weighted by Crippen LogP contribution is -2.39. The van der Waals surface area contributed by atoms with Crippen molar-refractivity contribution < 1.29 is 14.3 Å². The molecule has 0 aromatic heterocycles. The first-order chi connectivity index (χ1) is 10.6. The van der Waals surface area contributed by atoms with E-state index in [1.165, 1.54) is 0 Å². The van der Waals surface area contributed by atoms with E-state index in [2.05, 4.69) is 11.8 Å². The number of nitrogens with two attached hydrogens (primary N) is 1. The largest absolute Gasteiger partial charge is 0.377 e. The molecule has 2 heterocycles. The molecule has 5 heteroatoms. The molecule has 2 atom stereocenters. The zero-order valence-electron chi connectivity index (χ0n) is 12.9. The van der Waals surface area contributed by atoms with Gasteiger partial charge in [0, 0.05) is 25.6 Å². The van der Waals surface area contributed by atoms with Crippen LogP contribution < -0.4 is 5.73 Å². The highest BCUT2D eigenvalue weighted by atomic mass is 16.5. The molecule has 2 saturated heterocycles. The first-order valence-electron chi connectivity index (χ1n) is 8.35. The molecule has 0 radical (unpaired) electrons. The van der Waals surface area contributed by atoms with Crippen molar-refractivity contribution in [2.45, 2.75) is 44.6 Å². The van der Waals surface area contributed by atoms with Crippen LogP contribution in [0.1, 0.15) is 38.5 Å². The van der Waals surface area contributed by atoms with Crippen molar-refractivity contribution in [1.82, 2.24) is 4.90 Å². The first kappa shape index (κ1) is 15.4. The van der Waals surface area contributed by atoms with Crippen LogP contribution in [0.15, 0.2) is 0 Å². The molecule has 5 nitrogen and oxygen atoms in total. The fourth-order valence-corrected chi connectivity index (χ4v) is 3.38. The van der Waals surface area contributed by atoms with Gasteiger partial charge in [-0.05, 0) is 50.4 Å². The number of hydrogen-bond acceptors (Lipinski definition) is 3. The second-order valence-corrected chi connectivity index (χ2v) is 6.72. The van der Waals surface area contributed by atoms with Crippen molar-refractivity contribution in [2.24, 2.45) is 23.5 Å². The summed E-state index contributed by atoms with van der Waals surface area (Å²) in [6.45, 7) is 2.15. The number of amides is 2. The summed E-state index contributed by atoms with van der Waals surface area (Å²) in [4.78, 5) is 25.2. The molecule has 1 saturated carbocycles. The Morgan fingerprint density at radius 1 is 1.14 bits per heavy atom. The zero-order chi connectivity index (χ0) is 15.5. The maximum absolute atomic E-state index is 12.0. The van der Waals surface area contributed by atoms with Crippen LogP contribution in [0.2, 0.25) is 0 Å². The molecule has 2 N–H and O–H groups in total. The van der Waals surface area contributed by atoms with Crippen LogP contribution in [0.3, 0.4) is 0 Å². The van der Waals surface area contributed by atoms with E-state index < -0.39 is 0 Å². The summed E-state index contributed by atoms with van der Waals surface area (Å²) in [5, 5.41) is 0. The van der Waals surface area contributed by atoms with E-state index in [1.54, 1.807) is 0 Å². The molecule has 120 valence electrons. The van der Waals surface area contributed by atoms with E-state index in [9.17, 15) is 9.59 Å². The molecule has 0 aromatic rings. The number of piperidine rings is 1. The third-order valence-corrected chi connectivity index (χ3v) is 5.00. The maximum atomic E-state index is 12.0. The van der Waals surface area contributed by atoms with Gasteiger partial charge in [0.15, 0.2) is 0 Å². The second kappa shape index (κ2) is 6.70.